The molecule has 274 valence electrons. The van der Waals surface area contributed by atoms with Gasteiger partial charge in [0.15, 0.2) is 0 Å². The van der Waals surface area contributed by atoms with Gasteiger partial charge in [0.05, 0.1) is 0 Å². The van der Waals surface area contributed by atoms with Crippen LogP contribution in [0.3, 0.4) is 0 Å². The lowest BCUT2D eigenvalue weighted by Gasteiger charge is -2.30. The summed E-state index contributed by atoms with van der Waals surface area (Å²) in [6.45, 7) is 11.3. The lowest BCUT2D eigenvalue weighted by Crippen LogP contribution is -2.13. The Bertz CT molecular complexity index is 2890. The van der Waals surface area contributed by atoms with Crippen LogP contribution in [-0.2, 0) is 5.41 Å². The number of hydrogen-bond acceptors (Lipinski definition) is 1. The molecular weight excluding hydrogens is 687 g/mol. The predicted octanol–water partition coefficient (Wildman–Crippen LogP) is 16.0. The maximum atomic E-state index is 2.47. The van der Waals surface area contributed by atoms with Crippen molar-refractivity contribution in [2.45, 2.75) is 40.0 Å². The van der Waals surface area contributed by atoms with Crippen LogP contribution >= 0.6 is 0 Å². The van der Waals surface area contributed by atoms with Gasteiger partial charge in [0.25, 0.3) is 0 Å². The van der Waals surface area contributed by atoms with Crippen LogP contribution < -0.4 is 4.90 Å². The molecule has 0 saturated carbocycles. The number of fused-ring (bicyclic) bond motifs is 6. The molecule has 10 rings (SSSR count). The largest absolute Gasteiger partial charge is 0.310 e. The zero-order valence-electron chi connectivity index (χ0n) is 33.3. The van der Waals surface area contributed by atoms with E-state index in [2.05, 4.69) is 222 Å². The fourth-order valence-corrected chi connectivity index (χ4v) is 8.62. The molecule has 0 N–H and O–H groups in total. The second-order valence-corrected chi connectivity index (χ2v) is 16.8. The van der Waals surface area contributed by atoms with Crippen LogP contribution in [0.25, 0.3) is 77.2 Å². The Balaban J connectivity index is 1.08. The van der Waals surface area contributed by atoms with Gasteiger partial charge < -0.3 is 4.90 Å². The Morgan fingerprint density at radius 2 is 0.737 bits per heavy atom. The van der Waals surface area contributed by atoms with Gasteiger partial charge in [0.2, 0.25) is 0 Å². The van der Waals surface area contributed by atoms with Gasteiger partial charge in [-0.3, -0.25) is 0 Å². The van der Waals surface area contributed by atoms with E-state index in [1.54, 1.807) is 0 Å². The summed E-state index contributed by atoms with van der Waals surface area (Å²) in [7, 11) is 0. The highest BCUT2D eigenvalue weighted by atomic mass is 15.1. The molecule has 0 radical (unpaired) electrons. The molecule has 1 nitrogen and oxygen atoms in total. The molecule has 0 saturated heterocycles. The molecule has 0 aromatic heterocycles. The molecule has 9 aromatic carbocycles. The van der Waals surface area contributed by atoms with Crippen molar-refractivity contribution >= 4 is 38.6 Å². The fraction of sp³-hybridized carbons (Fsp3) is 0.107. The Morgan fingerprint density at radius 1 is 0.333 bits per heavy atom. The number of aryl methyl sites for hydroxylation is 2. The zero-order chi connectivity index (χ0) is 38.8. The Hall–Kier alpha value is -6.70. The van der Waals surface area contributed by atoms with E-state index in [9.17, 15) is 0 Å². The number of benzene rings is 9. The van der Waals surface area contributed by atoms with E-state index in [4.69, 9.17) is 0 Å². The van der Waals surface area contributed by atoms with E-state index in [1.807, 2.05) is 0 Å². The van der Waals surface area contributed by atoms with E-state index in [1.165, 1.54) is 105 Å². The third-order valence-electron chi connectivity index (χ3n) is 12.0. The fourth-order valence-electron chi connectivity index (χ4n) is 8.62. The molecule has 0 atom stereocenters. The van der Waals surface area contributed by atoms with Gasteiger partial charge in [-0.1, -0.05) is 148 Å². The van der Waals surface area contributed by atoms with Gasteiger partial charge in [-0.15, -0.1) is 0 Å². The second kappa shape index (κ2) is 13.5. The first-order valence-electron chi connectivity index (χ1n) is 20.1. The third-order valence-corrected chi connectivity index (χ3v) is 12.0. The molecular formula is C56H45N. The van der Waals surface area contributed by atoms with Crippen LogP contribution in [0.1, 0.15) is 37.5 Å². The first-order valence-corrected chi connectivity index (χ1v) is 20.1. The minimum absolute atomic E-state index is 0.139. The summed E-state index contributed by atoms with van der Waals surface area (Å²) in [6, 6.07) is 67.7. The smallest absolute Gasteiger partial charge is 0.0497 e. The van der Waals surface area contributed by atoms with Crippen LogP contribution in [-0.4, -0.2) is 0 Å². The quantitative estimate of drug-likeness (QED) is 0.165. The molecule has 0 amide bonds. The van der Waals surface area contributed by atoms with Crippen molar-refractivity contribution in [3.63, 3.8) is 0 Å². The molecule has 0 spiro atoms. The van der Waals surface area contributed by atoms with Crippen molar-refractivity contribution in [3.8, 4) is 55.6 Å². The Morgan fingerprint density at radius 3 is 1.25 bits per heavy atom. The zero-order valence-corrected chi connectivity index (χ0v) is 33.3. The highest BCUT2D eigenvalue weighted by Gasteiger charge is 2.25. The van der Waals surface area contributed by atoms with Gasteiger partial charge >= 0.3 is 0 Å². The maximum Gasteiger partial charge on any atom is 0.0497 e. The van der Waals surface area contributed by atoms with E-state index >= 15 is 0 Å². The van der Waals surface area contributed by atoms with Gasteiger partial charge in [-0.2, -0.15) is 0 Å². The highest BCUT2D eigenvalue weighted by Crippen LogP contribution is 2.51. The van der Waals surface area contributed by atoms with Crippen molar-refractivity contribution in [2.75, 3.05) is 4.90 Å². The van der Waals surface area contributed by atoms with Crippen molar-refractivity contribution < 1.29 is 0 Å². The minimum atomic E-state index is 0.139. The van der Waals surface area contributed by atoms with Crippen molar-refractivity contribution in [3.05, 3.63) is 199 Å². The molecule has 57 heavy (non-hydrogen) atoms. The summed E-state index contributed by atoms with van der Waals surface area (Å²) >= 11 is 0. The van der Waals surface area contributed by atoms with E-state index in [0.717, 1.165) is 5.69 Å². The highest BCUT2D eigenvalue weighted by molar-refractivity contribution is 6.12. The normalized spacial score (nSPS) is 11.9. The average Bonchev–Trinajstić information content (AvgIpc) is 3.24. The van der Waals surface area contributed by atoms with Crippen LogP contribution in [0.2, 0.25) is 0 Å². The average molecular weight is 732 g/mol. The van der Waals surface area contributed by atoms with Crippen molar-refractivity contribution in [2.24, 2.45) is 0 Å². The first-order chi connectivity index (χ1) is 27.7. The van der Waals surface area contributed by atoms with Crippen LogP contribution in [0.15, 0.2) is 182 Å². The Labute approximate surface area is 336 Å². The molecule has 1 aliphatic rings. The Kier molecular flexibility index (Phi) is 8.23. The molecule has 0 unspecified atom stereocenters. The number of hydrogen-bond donors (Lipinski definition) is 0. The first kappa shape index (κ1) is 34.8. The van der Waals surface area contributed by atoms with Crippen LogP contribution in [0.4, 0.5) is 17.1 Å². The maximum absolute atomic E-state index is 2.47. The summed E-state index contributed by atoms with van der Waals surface area (Å²) in [5.41, 5.74) is 20.1. The molecule has 1 heteroatoms. The van der Waals surface area contributed by atoms with E-state index in [-0.39, 0.29) is 5.41 Å². The number of anilines is 3. The molecule has 0 bridgehead atoms. The standard InChI is InChI=1S/C56H45N/c1-36-16-18-44(38-12-8-6-9-13-38)34-54(36)57(55-35-45(19-17-37(55)2)39-14-10-7-11-15-39)49-27-24-43-31-51-50-30-42-21-20-41(40-22-25-48(26-23-40)56(3,4)5)28-46(42)32-52(50)53(51)33-47(43)29-49/h6-35H,1-5H3. The summed E-state index contributed by atoms with van der Waals surface area (Å²) in [6.07, 6.45) is 0. The molecule has 1 aliphatic carbocycles. The third kappa shape index (κ3) is 6.21. The van der Waals surface area contributed by atoms with Gasteiger partial charge in [-0.25, -0.2) is 0 Å². The van der Waals surface area contributed by atoms with Gasteiger partial charge in [0.1, 0.15) is 0 Å². The molecule has 0 heterocycles. The lowest BCUT2D eigenvalue weighted by molar-refractivity contribution is 0.590. The molecule has 0 fully saturated rings. The van der Waals surface area contributed by atoms with E-state index < -0.39 is 0 Å². The monoisotopic (exact) mass is 731 g/mol. The van der Waals surface area contributed by atoms with Gasteiger partial charge in [0, 0.05) is 17.1 Å². The SMILES string of the molecule is Cc1ccc(-c2ccccc2)cc1N(c1ccc2cc3c(cc2c1)-c1cc2cc(-c4ccc(C(C)(C)C)cc4)ccc2cc1-3)c1cc(-c2ccccc2)ccc1C. The summed E-state index contributed by atoms with van der Waals surface area (Å²) in [4.78, 5) is 2.47. The van der Waals surface area contributed by atoms with Crippen LogP contribution in [0.5, 0.6) is 0 Å². The summed E-state index contributed by atoms with van der Waals surface area (Å²) in [5.74, 6) is 0. The minimum Gasteiger partial charge on any atom is -0.310 e. The second-order valence-electron chi connectivity index (χ2n) is 16.8. The number of nitrogens with zero attached hydrogens (tertiary/aromatic N) is 1. The van der Waals surface area contributed by atoms with Crippen molar-refractivity contribution in [1.82, 2.24) is 0 Å². The summed E-state index contributed by atoms with van der Waals surface area (Å²) in [5, 5.41) is 5.05. The topological polar surface area (TPSA) is 3.24 Å². The van der Waals surface area contributed by atoms with Gasteiger partial charge in [-0.05, 0) is 168 Å². The predicted molar refractivity (Wildman–Crippen MR) is 245 cm³/mol. The lowest BCUT2D eigenvalue weighted by atomic mass is 9.77. The molecule has 9 aromatic rings. The summed E-state index contributed by atoms with van der Waals surface area (Å²) < 4.78 is 0. The number of rotatable bonds is 6. The van der Waals surface area contributed by atoms with Crippen molar-refractivity contribution in [1.29, 1.82) is 0 Å². The van der Waals surface area contributed by atoms with Crippen LogP contribution in [0, 0.1) is 13.8 Å². The molecule has 0 aliphatic heterocycles. The van der Waals surface area contributed by atoms with E-state index in [0.29, 0.717) is 0 Å².